The Bertz CT molecular complexity index is 488. The van der Waals surface area contributed by atoms with Crippen LogP contribution in [0.15, 0.2) is 18.2 Å². The lowest BCUT2D eigenvalue weighted by atomic mass is 10.2. The summed E-state index contributed by atoms with van der Waals surface area (Å²) < 4.78 is 5.62. The maximum absolute atomic E-state index is 11.9. The molecule has 20 heavy (non-hydrogen) atoms. The van der Waals surface area contributed by atoms with Gasteiger partial charge in [0.15, 0.2) is 6.10 Å². The van der Waals surface area contributed by atoms with Crippen LogP contribution in [0.2, 0.25) is 5.02 Å². The molecule has 2 N–H and O–H groups in total. The monoisotopic (exact) mass is 297 g/mol. The van der Waals surface area contributed by atoms with Crippen LogP contribution in [-0.4, -0.2) is 29.8 Å². The predicted octanol–water partition coefficient (Wildman–Crippen LogP) is 2.30. The lowest BCUT2D eigenvalue weighted by Gasteiger charge is -2.17. The van der Waals surface area contributed by atoms with Crippen molar-refractivity contribution in [1.29, 1.82) is 0 Å². The summed E-state index contributed by atoms with van der Waals surface area (Å²) in [7, 11) is 0. The number of amides is 1. The van der Waals surface area contributed by atoms with Gasteiger partial charge in [-0.3, -0.25) is 4.79 Å². The van der Waals surface area contributed by atoms with Gasteiger partial charge in [-0.1, -0.05) is 11.6 Å². The number of benzene rings is 1. The van der Waals surface area contributed by atoms with Gasteiger partial charge >= 0.3 is 0 Å². The van der Waals surface area contributed by atoms with Crippen molar-refractivity contribution < 1.29 is 14.6 Å². The molecular weight excluding hydrogens is 278 g/mol. The van der Waals surface area contributed by atoms with E-state index in [1.165, 1.54) is 0 Å². The van der Waals surface area contributed by atoms with Crippen molar-refractivity contribution in [3.8, 4) is 5.75 Å². The zero-order valence-electron chi connectivity index (χ0n) is 11.7. The largest absolute Gasteiger partial charge is 0.481 e. The van der Waals surface area contributed by atoms with Crippen molar-refractivity contribution >= 4 is 17.5 Å². The van der Waals surface area contributed by atoms with Crippen LogP contribution in [-0.2, 0) is 4.79 Å². The molecule has 1 aromatic rings. The van der Waals surface area contributed by atoms with Crippen LogP contribution >= 0.6 is 11.6 Å². The van der Waals surface area contributed by atoms with Crippen LogP contribution in [0, 0.1) is 12.8 Å². The maximum atomic E-state index is 11.9. The minimum atomic E-state index is -0.610. The van der Waals surface area contributed by atoms with Gasteiger partial charge in [0.2, 0.25) is 0 Å². The molecule has 1 aliphatic carbocycles. The minimum absolute atomic E-state index is 0.223. The molecule has 1 fully saturated rings. The van der Waals surface area contributed by atoms with E-state index in [2.05, 4.69) is 5.32 Å². The Hall–Kier alpha value is -1.26. The lowest BCUT2D eigenvalue weighted by molar-refractivity contribution is -0.127. The van der Waals surface area contributed by atoms with Crippen LogP contribution < -0.4 is 10.1 Å². The molecule has 0 bridgehead atoms. The zero-order chi connectivity index (χ0) is 14.7. The molecule has 4 nitrogen and oxygen atoms in total. The number of aliphatic hydroxyl groups excluding tert-OH is 1. The summed E-state index contributed by atoms with van der Waals surface area (Å²) in [6, 6.07) is 5.27. The Morgan fingerprint density at radius 2 is 2.25 bits per heavy atom. The van der Waals surface area contributed by atoms with Crippen molar-refractivity contribution in [1.82, 2.24) is 5.32 Å². The van der Waals surface area contributed by atoms with Crippen molar-refractivity contribution in [3.05, 3.63) is 28.8 Å². The number of nitrogens with one attached hydrogen (secondary N) is 1. The molecule has 0 aliphatic heterocycles. The van der Waals surface area contributed by atoms with E-state index in [1.807, 2.05) is 6.92 Å². The standard InChI is InChI=1S/C15H20ClNO3/c1-9-7-12(16)5-6-14(9)20-10(2)15(19)17-8-13(18)11-3-4-11/h5-7,10-11,13,18H,3-4,8H2,1-2H3,(H,17,19). The molecule has 0 heterocycles. The highest BCUT2D eigenvalue weighted by atomic mass is 35.5. The number of rotatable bonds is 6. The highest BCUT2D eigenvalue weighted by molar-refractivity contribution is 6.30. The van der Waals surface area contributed by atoms with E-state index in [1.54, 1.807) is 25.1 Å². The molecule has 1 aromatic carbocycles. The quantitative estimate of drug-likeness (QED) is 0.847. The van der Waals surface area contributed by atoms with E-state index in [0.717, 1.165) is 18.4 Å². The first kappa shape index (κ1) is 15.1. The average molecular weight is 298 g/mol. The molecule has 2 unspecified atom stereocenters. The molecule has 1 amide bonds. The number of hydrogen-bond donors (Lipinski definition) is 2. The van der Waals surface area contributed by atoms with Gasteiger partial charge in [-0.2, -0.15) is 0 Å². The fourth-order valence-corrected chi connectivity index (χ4v) is 2.21. The Morgan fingerprint density at radius 3 is 2.85 bits per heavy atom. The number of carbonyl (C=O) groups is 1. The Labute approximate surface area is 124 Å². The summed E-state index contributed by atoms with van der Waals surface area (Å²) in [5.74, 6) is 0.767. The van der Waals surface area contributed by atoms with Gasteiger partial charge in [-0.15, -0.1) is 0 Å². The lowest BCUT2D eigenvalue weighted by Crippen LogP contribution is -2.40. The summed E-state index contributed by atoms with van der Waals surface area (Å²) in [5, 5.41) is 13.1. The van der Waals surface area contributed by atoms with Gasteiger partial charge in [-0.05, 0) is 56.4 Å². The molecule has 0 saturated heterocycles. The molecule has 1 aliphatic rings. The van der Waals surface area contributed by atoms with Crippen molar-refractivity contribution in [2.75, 3.05) is 6.54 Å². The van der Waals surface area contributed by atoms with Crippen LogP contribution in [0.25, 0.3) is 0 Å². The van der Waals surface area contributed by atoms with Crippen molar-refractivity contribution in [2.45, 2.75) is 38.9 Å². The number of carbonyl (C=O) groups excluding carboxylic acids is 1. The number of halogens is 1. The highest BCUT2D eigenvalue weighted by Crippen LogP contribution is 2.32. The summed E-state index contributed by atoms with van der Waals surface area (Å²) in [4.78, 5) is 11.9. The van der Waals surface area contributed by atoms with Crippen LogP contribution in [0.5, 0.6) is 5.75 Å². The maximum Gasteiger partial charge on any atom is 0.260 e. The summed E-state index contributed by atoms with van der Waals surface area (Å²) >= 11 is 5.87. The van der Waals surface area contributed by atoms with Gasteiger partial charge < -0.3 is 15.2 Å². The number of aryl methyl sites for hydroxylation is 1. The minimum Gasteiger partial charge on any atom is -0.481 e. The van der Waals surface area contributed by atoms with E-state index >= 15 is 0 Å². The third-order valence-corrected chi connectivity index (χ3v) is 3.70. The van der Waals surface area contributed by atoms with Crippen LogP contribution in [0.3, 0.4) is 0 Å². The fraction of sp³-hybridized carbons (Fsp3) is 0.533. The second-order valence-electron chi connectivity index (χ2n) is 5.32. The van der Waals surface area contributed by atoms with E-state index < -0.39 is 12.2 Å². The zero-order valence-corrected chi connectivity index (χ0v) is 12.5. The highest BCUT2D eigenvalue weighted by Gasteiger charge is 2.30. The molecule has 2 atom stereocenters. The number of hydrogen-bond acceptors (Lipinski definition) is 3. The van der Waals surface area contributed by atoms with Crippen LogP contribution in [0.1, 0.15) is 25.3 Å². The molecule has 110 valence electrons. The van der Waals surface area contributed by atoms with E-state index in [0.29, 0.717) is 16.7 Å². The first-order valence-corrected chi connectivity index (χ1v) is 7.23. The smallest absolute Gasteiger partial charge is 0.260 e. The van der Waals surface area contributed by atoms with Gasteiger partial charge in [0.05, 0.1) is 6.10 Å². The van der Waals surface area contributed by atoms with Gasteiger partial charge in [0.25, 0.3) is 5.91 Å². The van der Waals surface area contributed by atoms with Crippen molar-refractivity contribution in [3.63, 3.8) is 0 Å². The average Bonchev–Trinajstić information content (AvgIpc) is 3.23. The summed E-state index contributed by atoms with van der Waals surface area (Å²) in [6.45, 7) is 3.85. The summed E-state index contributed by atoms with van der Waals surface area (Å²) in [5.41, 5.74) is 0.884. The third kappa shape index (κ3) is 4.12. The molecule has 1 saturated carbocycles. The summed E-state index contributed by atoms with van der Waals surface area (Å²) in [6.07, 6.45) is 1.05. The Kier molecular flexibility index (Phi) is 4.89. The van der Waals surface area contributed by atoms with Crippen molar-refractivity contribution in [2.24, 2.45) is 5.92 Å². The van der Waals surface area contributed by atoms with Gasteiger partial charge in [0.1, 0.15) is 5.75 Å². The van der Waals surface area contributed by atoms with Gasteiger partial charge in [-0.25, -0.2) is 0 Å². The molecule has 0 aromatic heterocycles. The predicted molar refractivity (Wildman–Crippen MR) is 78.0 cm³/mol. The topological polar surface area (TPSA) is 58.6 Å². The van der Waals surface area contributed by atoms with Gasteiger partial charge in [0, 0.05) is 11.6 Å². The van der Waals surface area contributed by atoms with Crippen LogP contribution in [0.4, 0.5) is 0 Å². The molecule has 5 heteroatoms. The third-order valence-electron chi connectivity index (χ3n) is 3.46. The Morgan fingerprint density at radius 1 is 1.55 bits per heavy atom. The number of ether oxygens (including phenoxy) is 1. The second-order valence-corrected chi connectivity index (χ2v) is 5.76. The molecule has 0 spiro atoms. The van der Waals surface area contributed by atoms with E-state index in [-0.39, 0.29) is 12.5 Å². The SMILES string of the molecule is Cc1cc(Cl)ccc1OC(C)C(=O)NCC(O)C1CC1. The molecule has 2 rings (SSSR count). The number of aliphatic hydroxyl groups is 1. The molecule has 0 radical (unpaired) electrons. The fourth-order valence-electron chi connectivity index (χ4n) is 1.99. The van der Waals surface area contributed by atoms with E-state index in [9.17, 15) is 9.90 Å². The molecular formula is C15H20ClNO3. The first-order valence-electron chi connectivity index (χ1n) is 6.86. The second kappa shape index (κ2) is 6.46. The first-order chi connectivity index (χ1) is 9.47. The van der Waals surface area contributed by atoms with E-state index in [4.69, 9.17) is 16.3 Å². The Balaban J connectivity index is 1.83. The normalized spacial score (nSPS) is 17.4.